The minimum atomic E-state index is -0.399. The summed E-state index contributed by atoms with van der Waals surface area (Å²) in [7, 11) is 1.98. The van der Waals surface area contributed by atoms with E-state index >= 15 is 0 Å². The molecule has 4 nitrogen and oxygen atoms in total. The molecule has 0 saturated heterocycles. The topological polar surface area (TPSA) is 43.6 Å². The van der Waals surface area contributed by atoms with Crippen molar-refractivity contribution in [3.8, 4) is 0 Å². The number of benzene rings is 1. The summed E-state index contributed by atoms with van der Waals surface area (Å²) >= 11 is 3.47. The van der Waals surface area contributed by atoms with Gasteiger partial charge in [0.05, 0.1) is 11.3 Å². The van der Waals surface area contributed by atoms with Crippen molar-refractivity contribution in [3.05, 3.63) is 40.0 Å². The molecule has 1 aliphatic heterocycles. The molecule has 0 amide bonds. The Morgan fingerprint density at radius 3 is 2.89 bits per heavy atom. The maximum absolute atomic E-state index is 11.6. The molecule has 5 heteroatoms. The smallest absolute Gasteiger partial charge is 0.350 e. The lowest BCUT2D eigenvalue weighted by atomic mass is 10.1. The molecular weight excluding hydrogens is 308 g/mol. The van der Waals surface area contributed by atoms with Crippen molar-refractivity contribution in [1.82, 2.24) is 4.57 Å². The lowest BCUT2D eigenvalue weighted by Crippen LogP contribution is -2.01. The second kappa shape index (κ2) is 4.35. The van der Waals surface area contributed by atoms with Crippen LogP contribution in [-0.4, -0.2) is 16.2 Å². The van der Waals surface area contributed by atoms with Crippen molar-refractivity contribution in [2.45, 2.75) is 6.92 Å². The number of nitrogens with zero attached hydrogens (tertiary/aromatic N) is 2. The summed E-state index contributed by atoms with van der Waals surface area (Å²) in [5.74, 6) is -0.399. The molecule has 0 radical (unpaired) electrons. The quantitative estimate of drug-likeness (QED) is 0.598. The van der Waals surface area contributed by atoms with Crippen molar-refractivity contribution in [3.63, 3.8) is 0 Å². The molecule has 96 valence electrons. The third-order valence-corrected chi connectivity index (χ3v) is 3.65. The summed E-state index contributed by atoms with van der Waals surface area (Å²) in [6, 6.07) is 6.07. The van der Waals surface area contributed by atoms with Crippen LogP contribution in [0.25, 0.3) is 17.0 Å². The lowest BCUT2D eigenvalue weighted by molar-refractivity contribution is -0.136. The molecule has 0 atom stereocenters. The van der Waals surface area contributed by atoms with Crippen LogP contribution in [0.5, 0.6) is 0 Å². The first kappa shape index (κ1) is 12.2. The molecule has 3 rings (SSSR count). The molecule has 0 N–H and O–H groups in total. The van der Waals surface area contributed by atoms with E-state index < -0.39 is 5.97 Å². The van der Waals surface area contributed by atoms with E-state index in [0.29, 0.717) is 11.3 Å². The highest BCUT2D eigenvalue weighted by molar-refractivity contribution is 9.10. The zero-order chi connectivity index (χ0) is 13.6. The van der Waals surface area contributed by atoms with Crippen LogP contribution >= 0.6 is 15.9 Å². The molecule has 1 aromatic heterocycles. The first-order valence-electron chi connectivity index (χ1n) is 5.79. The molecule has 0 spiro atoms. The number of carbonyl (C=O) groups excluding carboxylic acids is 1. The Bertz CT molecular complexity index is 756. The highest BCUT2D eigenvalue weighted by Gasteiger charge is 2.22. The van der Waals surface area contributed by atoms with Crippen LogP contribution in [0.1, 0.15) is 12.5 Å². The molecule has 0 unspecified atom stereocenters. The number of oxime groups is 1. The van der Waals surface area contributed by atoms with Gasteiger partial charge in [-0.25, -0.2) is 4.79 Å². The second-order valence-corrected chi connectivity index (χ2v) is 5.39. The largest absolute Gasteiger partial charge is 0.367 e. The van der Waals surface area contributed by atoms with Gasteiger partial charge in [0.25, 0.3) is 0 Å². The fourth-order valence-corrected chi connectivity index (χ4v) is 2.55. The van der Waals surface area contributed by atoms with Gasteiger partial charge in [-0.15, -0.1) is 0 Å². The van der Waals surface area contributed by atoms with E-state index in [4.69, 9.17) is 0 Å². The first-order valence-corrected chi connectivity index (χ1v) is 6.58. The van der Waals surface area contributed by atoms with Crippen LogP contribution in [0.15, 0.2) is 39.6 Å². The SMILES string of the molecule is CC1=NOC(=O)C1=Cc1cn(C)c2ccc(Br)cc12. The third kappa shape index (κ3) is 2.00. The Labute approximate surface area is 118 Å². The number of rotatable bonds is 1. The van der Waals surface area contributed by atoms with Crippen LogP contribution in [0.3, 0.4) is 0 Å². The van der Waals surface area contributed by atoms with E-state index in [1.807, 2.05) is 42.1 Å². The Morgan fingerprint density at radius 2 is 2.21 bits per heavy atom. The second-order valence-electron chi connectivity index (χ2n) is 4.47. The van der Waals surface area contributed by atoms with Crippen molar-refractivity contribution in [1.29, 1.82) is 0 Å². The number of halogens is 1. The Morgan fingerprint density at radius 1 is 1.42 bits per heavy atom. The summed E-state index contributed by atoms with van der Waals surface area (Å²) in [4.78, 5) is 16.2. The first-order chi connectivity index (χ1) is 9.06. The summed E-state index contributed by atoms with van der Waals surface area (Å²) in [5, 5.41) is 4.76. The van der Waals surface area contributed by atoms with E-state index in [0.717, 1.165) is 20.9 Å². The Balaban J connectivity index is 2.21. The highest BCUT2D eigenvalue weighted by atomic mass is 79.9. The van der Waals surface area contributed by atoms with E-state index in [2.05, 4.69) is 25.9 Å². The summed E-state index contributed by atoms with van der Waals surface area (Å²) in [5.41, 5.74) is 3.20. The van der Waals surface area contributed by atoms with Crippen molar-refractivity contribution in [2.24, 2.45) is 12.2 Å². The van der Waals surface area contributed by atoms with Gasteiger partial charge >= 0.3 is 5.97 Å². The molecule has 0 fully saturated rings. The average molecular weight is 319 g/mol. The fraction of sp³-hybridized carbons (Fsp3) is 0.143. The van der Waals surface area contributed by atoms with Crippen LogP contribution in [0, 0.1) is 0 Å². The zero-order valence-corrected chi connectivity index (χ0v) is 12.1. The van der Waals surface area contributed by atoms with Gasteiger partial charge in [0.2, 0.25) is 0 Å². The maximum Gasteiger partial charge on any atom is 0.367 e. The molecule has 0 saturated carbocycles. The van der Waals surface area contributed by atoms with Gasteiger partial charge in [0.1, 0.15) is 0 Å². The van der Waals surface area contributed by atoms with E-state index in [9.17, 15) is 4.79 Å². The molecule has 1 aliphatic rings. The number of hydrogen-bond donors (Lipinski definition) is 0. The number of aryl methyl sites for hydroxylation is 1. The van der Waals surface area contributed by atoms with E-state index in [-0.39, 0.29) is 0 Å². The molecule has 19 heavy (non-hydrogen) atoms. The Hall–Kier alpha value is -1.88. The van der Waals surface area contributed by atoms with Crippen molar-refractivity contribution in [2.75, 3.05) is 0 Å². The molecule has 0 aliphatic carbocycles. The number of aromatic nitrogens is 1. The standard InChI is InChI=1S/C14H11BrN2O2/c1-8-11(14(18)19-16-8)5-9-7-17(2)13-4-3-10(15)6-12(9)13/h3-7H,1-2H3. The molecular formula is C14H11BrN2O2. The van der Waals surface area contributed by atoms with Gasteiger partial charge in [-0.3, -0.25) is 0 Å². The normalized spacial score (nSPS) is 17.1. The van der Waals surface area contributed by atoms with Crippen LogP contribution in [0.2, 0.25) is 0 Å². The monoisotopic (exact) mass is 318 g/mol. The maximum atomic E-state index is 11.6. The van der Waals surface area contributed by atoms with Gasteiger partial charge in [-0.05, 0) is 31.2 Å². The number of carbonyl (C=O) groups is 1. The lowest BCUT2D eigenvalue weighted by Gasteiger charge is -1.96. The minimum Gasteiger partial charge on any atom is -0.350 e. The van der Waals surface area contributed by atoms with Gasteiger partial charge < -0.3 is 9.40 Å². The summed E-state index contributed by atoms with van der Waals surface area (Å²) in [6.45, 7) is 1.76. The van der Waals surface area contributed by atoms with Crippen LogP contribution < -0.4 is 0 Å². The minimum absolute atomic E-state index is 0.399. The van der Waals surface area contributed by atoms with Crippen molar-refractivity contribution < 1.29 is 9.63 Å². The number of hydrogen-bond acceptors (Lipinski definition) is 3. The van der Waals surface area contributed by atoms with Crippen molar-refractivity contribution >= 4 is 44.6 Å². The third-order valence-electron chi connectivity index (χ3n) is 3.16. The average Bonchev–Trinajstić information content (AvgIpc) is 2.84. The Kier molecular flexibility index (Phi) is 2.78. The molecule has 2 aromatic rings. The van der Waals surface area contributed by atoms with Gasteiger partial charge in [0, 0.05) is 34.2 Å². The molecule has 1 aromatic carbocycles. The zero-order valence-electron chi connectivity index (χ0n) is 10.5. The molecule has 0 bridgehead atoms. The van der Waals surface area contributed by atoms with Crippen LogP contribution in [0.4, 0.5) is 0 Å². The fourth-order valence-electron chi connectivity index (χ4n) is 2.18. The number of fused-ring (bicyclic) bond motifs is 1. The van der Waals surface area contributed by atoms with E-state index in [1.165, 1.54) is 0 Å². The summed E-state index contributed by atoms with van der Waals surface area (Å²) in [6.07, 6.45) is 3.81. The predicted molar refractivity (Wildman–Crippen MR) is 77.8 cm³/mol. The summed E-state index contributed by atoms with van der Waals surface area (Å²) < 4.78 is 3.03. The van der Waals surface area contributed by atoms with Crippen LogP contribution in [-0.2, 0) is 16.7 Å². The van der Waals surface area contributed by atoms with E-state index in [1.54, 1.807) is 6.92 Å². The molecule has 2 heterocycles. The highest BCUT2D eigenvalue weighted by Crippen LogP contribution is 2.27. The van der Waals surface area contributed by atoms with Gasteiger partial charge in [-0.2, -0.15) is 0 Å². The predicted octanol–water partition coefficient (Wildman–Crippen LogP) is 3.26. The van der Waals surface area contributed by atoms with Gasteiger partial charge in [0.15, 0.2) is 0 Å². The van der Waals surface area contributed by atoms with Gasteiger partial charge in [-0.1, -0.05) is 21.1 Å².